The maximum absolute atomic E-state index is 2.73. The maximum atomic E-state index is 2.73. The molecular formula is C48H49BN2. The average molecular weight is 665 g/mol. The summed E-state index contributed by atoms with van der Waals surface area (Å²) in [4.78, 5) is 5.35. The second-order valence-corrected chi connectivity index (χ2v) is 17.1. The molecule has 4 unspecified atom stereocenters. The molecule has 0 radical (unpaired) electrons. The molecule has 0 bridgehead atoms. The van der Waals surface area contributed by atoms with Crippen LogP contribution in [-0.4, -0.2) is 12.8 Å². The van der Waals surface area contributed by atoms with E-state index in [1.807, 2.05) is 0 Å². The van der Waals surface area contributed by atoms with Crippen LogP contribution >= 0.6 is 0 Å². The topological polar surface area (TPSA) is 6.48 Å². The Morgan fingerprint density at radius 2 is 1.49 bits per heavy atom. The minimum Gasteiger partial charge on any atom is -0.334 e. The van der Waals surface area contributed by atoms with Gasteiger partial charge in [0.15, 0.2) is 0 Å². The smallest absolute Gasteiger partial charge is 0.247 e. The second-order valence-electron chi connectivity index (χ2n) is 17.1. The van der Waals surface area contributed by atoms with E-state index in [-0.39, 0.29) is 17.5 Å². The lowest BCUT2D eigenvalue weighted by molar-refractivity contribution is 0.345. The average Bonchev–Trinajstić information content (AvgIpc) is 3.52. The van der Waals surface area contributed by atoms with Crippen LogP contribution < -0.4 is 15.3 Å². The summed E-state index contributed by atoms with van der Waals surface area (Å²) >= 11 is 0. The SMILES string of the molecule is CC(C)(c1ccccc1)C1C=C2B3C4=C5C(=CCC4)C4C=CC=CC4N5c4cccc(c43)N(c3ccc(C(C)(C)C4C=CCCC4)cc3)C2=CC1. The Morgan fingerprint density at radius 3 is 2.29 bits per heavy atom. The molecular weight excluding hydrogens is 615 g/mol. The summed E-state index contributed by atoms with van der Waals surface area (Å²) in [5, 5.41) is 0. The molecule has 3 heteroatoms. The summed E-state index contributed by atoms with van der Waals surface area (Å²) < 4.78 is 0. The molecule has 0 N–H and O–H groups in total. The van der Waals surface area contributed by atoms with Gasteiger partial charge in [-0.3, -0.25) is 0 Å². The standard InChI is InChI=1S/C48H49BN2/c1-47(2,32-15-7-5-8-16-32)34-25-28-36(29-26-34)50-42-30-27-35(48(3,4)33-17-9-6-10-18-33)31-40(42)49-39-21-13-20-38-37-19-11-12-22-41(37)51(46(38)39)44-24-14-23-43(50)45(44)49/h6-7,9-12,14-15,17-20,22-26,28-32,35,37,41H,5,8,13,16,21,27H2,1-4H3. The molecule has 0 saturated carbocycles. The third-order valence-electron chi connectivity index (χ3n) is 13.8. The fraction of sp³-hybridized carbons (Fsp3) is 0.333. The van der Waals surface area contributed by atoms with Gasteiger partial charge in [-0.05, 0) is 113 Å². The van der Waals surface area contributed by atoms with E-state index < -0.39 is 0 Å². The zero-order valence-corrected chi connectivity index (χ0v) is 30.6. The Kier molecular flexibility index (Phi) is 7.05. The zero-order valence-electron chi connectivity index (χ0n) is 30.6. The minimum absolute atomic E-state index is 0.00966. The third kappa shape index (κ3) is 4.56. The molecule has 3 aliphatic heterocycles. The molecule has 10 rings (SSSR count). The van der Waals surface area contributed by atoms with E-state index in [0.29, 0.717) is 23.8 Å². The van der Waals surface area contributed by atoms with Crippen molar-refractivity contribution < 1.29 is 0 Å². The van der Waals surface area contributed by atoms with Crippen LogP contribution in [0.2, 0.25) is 0 Å². The van der Waals surface area contributed by atoms with Gasteiger partial charge in [-0.25, -0.2) is 0 Å². The number of hydrogen-bond donors (Lipinski definition) is 0. The largest absolute Gasteiger partial charge is 0.334 e. The number of nitrogens with zero attached hydrogens (tertiary/aromatic N) is 2. The fourth-order valence-corrected chi connectivity index (χ4v) is 10.8. The van der Waals surface area contributed by atoms with Gasteiger partial charge in [0.2, 0.25) is 6.71 Å². The first-order chi connectivity index (χ1) is 24.8. The summed E-state index contributed by atoms with van der Waals surface area (Å²) in [6.07, 6.45) is 29.2. The maximum Gasteiger partial charge on any atom is 0.247 e. The van der Waals surface area contributed by atoms with Crippen molar-refractivity contribution in [3.63, 3.8) is 0 Å². The number of rotatable bonds is 5. The van der Waals surface area contributed by atoms with Crippen molar-refractivity contribution >= 4 is 29.2 Å². The van der Waals surface area contributed by atoms with Gasteiger partial charge in [-0.15, -0.1) is 0 Å². The fourth-order valence-electron chi connectivity index (χ4n) is 10.8. The number of anilines is 3. The first-order valence-corrected chi connectivity index (χ1v) is 19.6. The van der Waals surface area contributed by atoms with E-state index in [1.54, 1.807) is 11.0 Å². The monoisotopic (exact) mass is 664 g/mol. The number of hydrogen-bond acceptors (Lipinski definition) is 2. The van der Waals surface area contributed by atoms with E-state index in [1.165, 1.54) is 69.8 Å². The summed E-state index contributed by atoms with van der Waals surface area (Å²) in [5.74, 6) is 1.40. The molecule has 4 aliphatic carbocycles. The summed E-state index contributed by atoms with van der Waals surface area (Å²) in [6, 6.07) is 28.4. The van der Waals surface area contributed by atoms with Crippen molar-refractivity contribution in [3.8, 4) is 0 Å². The van der Waals surface area contributed by atoms with Crippen LogP contribution in [-0.2, 0) is 10.8 Å². The summed E-state index contributed by atoms with van der Waals surface area (Å²) in [6.45, 7) is 10.1. The molecule has 0 spiro atoms. The van der Waals surface area contributed by atoms with Gasteiger partial charge < -0.3 is 9.80 Å². The highest BCUT2D eigenvalue weighted by molar-refractivity contribution is 6.90. The molecule has 51 heavy (non-hydrogen) atoms. The van der Waals surface area contributed by atoms with E-state index in [2.05, 4.69) is 165 Å². The number of fused-ring (bicyclic) bond motifs is 7. The summed E-state index contributed by atoms with van der Waals surface area (Å²) in [7, 11) is 0. The van der Waals surface area contributed by atoms with Crippen molar-refractivity contribution in [2.75, 3.05) is 9.80 Å². The molecule has 1 fully saturated rings. The van der Waals surface area contributed by atoms with Crippen molar-refractivity contribution in [2.45, 2.75) is 83.1 Å². The normalized spacial score (nSPS) is 25.9. The van der Waals surface area contributed by atoms with E-state index in [9.17, 15) is 0 Å². The number of allylic oxidation sites excluding steroid dienone is 10. The Morgan fingerprint density at radius 1 is 0.725 bits per heavy atom. The van der Waals surface area contributed by atoms with Gasteiger partial charge in [-0.1, -0.05) is 136 Å². The van der Waals surface area contributed by atoms with Crippen LogP contribution in [0.4, 0.5) is 17.1 Å². The van der Waals surface area contributed by atoms with Crippen LogP contribution in [0.25, 0.3) is 0 Å². The first-order valence-electron chi connectivity index (χ1n) is 19.6. The van der Waals surface area contributed by atoms with Crippen molar-refractivity contribution in [1.82, 2.24) is 0 Å². The minimum atomic E-state index is 0.00966. The van der Waals surface area contributed by atoms with Crippen LogP contribution in [0.1, 0.15) is 77.3 Å². The van der Waals surface area contributed by atoms with E-state index in [0.717, 1.165) is 19.3 Å². The van der Waals surface area contributed by atoms with Crippen LogP contribution in [0, 0.1) is 17.8 Å². The van der Waals surface area contributed by atoms with Crippen molar-refractivity contribution in [1.29, 1.82) is 0 Å². The predicted molar refractivity (Wildman–Crippen MR) is 216 cm³/mol. The Balaban J connectivity index is 1.15. The van der Waals surface area contributed by atoms with Gasteiger partial charge in [0.1, 0.15) is 0 Å². The van der Waals surface area contributed by atoms with Gasteiger partial charge in [0.25, 0.3) is 0 Å². The lowest BCUT2D eigenvalue weighted by Crippen LogP contribution is -2.53. The molecule has 1 saturated heterocycles. The second kappa shape index (κ2) is 11.5. The van der Waals surface area contributed by atoms with Crippen LogP contribution in [0.3, 0.4) is 0 Å². The molecule has 3 aromatic rings. The highest BCUT2D eigenvalue weighted by Gasteiger charge is 2.53. The molecule has 3 heterocycles. The Bertz CT molecular complexity index is 2140. The van der Waals surface area contributed by atoms with Crippen LogP contribution in [0.5, 0.6) is 0 Å². The molecule has 254 valence electrons. The van der Waals surface area contributed by atoms with E-state index in [4.69, 9.17) is 0 Å². The zero-order chi connectivity index (χ0) is 34.5. The lowest BCUT2D eigenvalue weighted by atomic mass is 9.30. The third-order valence-corrected chi connectivity index (χ3v) is 13.8. The van der Waals surface area contributed by atoms with Gasteiger partial charge in [-0.2, -0.15) is 0 Å². The Labute approximate surface area is 305 Å². The van der Waals surface area contributed by atoms with Gasteiger partial charge in [0, 0.05) is 34.4 Å². The Hall–Kier alpha value is -4.50. The highest BCUT2D eigenvalue weighted by Crippen LogP contribution is 2.55. The van der Waals surface area contributed by atoms with Crippen molar-refractivity contribution in [3.05, 3.63) is 167 Å². The lowest BCUT2D eigenvalue weighted by Gasteiger charge is -2.48. The van der Waals surface area contributed by atoms with Crippen molar-refractivity contribution in [2.24, 2.45) is 17.8 Å². The van der Waals surface area contributed by atoms with E-state index >= 15 is 0 Å². The quantitative estimate of drug-likeness (QED) is 0.198. The molecule has 3 aromatic carbocycles. The number of benzene rings is 3. The van der Waals surface area contributed by atoms with Gasteiger partial charge in [0.05, 0.1) is 6.04 Å². The van der Waals surface area contributed by atoms with Crippen LogP contribution in [0.15, 0.2) is 155 Å². The van der Waals surface area contributed by atoms with Gasteiger partial charge >= 0.3 is 0 Å². The predicted octanol–water partition coefficient (Wildman–Crippen LogP) is 11.0. The molecule has 0 aromatic heterocycles. The first kappa shape index (κ1) is 31.3. The summed E-state index contributed by atoms with van der Waals surface area (Å²) in [5.41, 5.74) is 16.1. The molecule has 7 aliphatic rings. The molecule has 0 amide bonds. The molecule has 4 atom stereocenters. The molecule has 2 nitrogen and oxygen atoms in total. The highest BCUT2D eigenvalue weighted by atomic mass is 15.2.